The Balaban J connectivity index is 1.94. The first kappa shape index (κ1) is 20.4. The fourth-order valence-electron chi connectivity index (χ4n) is 3.80. The maximum Gasteiger partial charge on any atom is 0.494 e. The van der Waals surface area contributed by atoms with Gasteiger partial charge in [0.2, 0.25) is 0 Å². The van der Waals surface area contributed by atoms with Gasteiger partial charge in [0.05, 0.1) is 16.8 Å². The molecule has 1 aromatic carbocycles. The van der Waals surface area contributed by atoms with Crippen molar-refractivity contribution in [3.63, 3.8) is 0 Å². The van der Waals surface area contributed by atoms with Gasteiger partial charge >= 0.3 is 13.1 Å². The van der Waals surface area contributed by atoms with Crippen LogP contribution in [0, 0.1) is 0 Å². The van der Waals surface area contributed by atoms with E-state index in [9.17, 15) is 4.79 Å². The van der Waals surface area contributed by atoms with Crippen molar-refractivity contribution in [2.45, 2.75) is 96.9 Å². The van der Waals surface area contributed by atoms with Gasteiger partial charge in [0.25, 0.3) is 0 Å². The number of rotatable bonds is 3. The van der Waals surface area contributed by atoms with E-state index in [4.69, 9.17) is 14.0 Å². The first-order valence-electron chi connectivity index (χ1n) is 10.1. The van der Waals surface area contributed by atoms with Crippen LogP contribution in [-0.2, 0) is 14.0 Å². The molecule has 0 amide bonds. The third-order valence-corrected chi connectivity index (χ3v) is 6.01. The Morgan fingerprint density at radius 3 is 2.15 bits per heavy atom. The second-order valence-electron chi connectivity index (χ2n) is 9.92. The van der Waals surface area contributed by atoms with Gasteiger partial charge in [-0.05, 0) is 84.3 Å². The molecule has 0 unspecified atom stereocenters. The molecule has 5 heteroatoms. The number of hydrogen-bond donors (Lipinski definition) is 0. The zero-order valence-corrected chi connectivity index (χ0v) is 17.8. The number of hydrogen-bond acceptors (Lipinski definition) is 4. The van der Waals surface area contributed by atoms with Crippen molar-refractivity contribution in [2.75, 3.05) is 0 Å². The largest absolute Gasteiger partial charge is 0.494 e. The minimum absolute atomic E-state index is 0.245. The number of benzene rings is 1. The molecule has 0 atom stereocenters. The molecule has 3 rings (SSSR count). The Labute approximate surface area is 164 Å². The summed E-state index contributed by atoms with van der Waals surface area (Å²) in [6.45, 7) is 13.9. The average molecular weight is 372 g/mol. The van der Waals surface area contributed by atoms with Gasteiger partial charge in [-0.2, -0.15) is 0 Å². The first-order chi connectivity index (χ1) is 12.4. The second kappa shape index (κ2) is 6.93. The van der Waals surface area contributed by atoms with Crippen LogP contribution < -0.4 is 5.46 Å². The van der Waals surface area contributed by atoms with Crippen LogP contribution in [0.15, 0.2) is 18.2 Å². The first-order valence-corrected chi connectivity index (χ1v) is 10.1. The van der Waals surface area contributed by atoms with Crippen molar-refractivity contribution in [3.8, 4) is 0 Å². The van der Waals surface area contributed by atoms with Crippen LogP contribution in [0.1, 0.15) is 96.0 Å². The van der Waals surface area contributed by atoms with Gasteiger partial charge in [-0.15, -0.1) is 0 Å². The summed E-state index contributed by atoms with van der Waals surface area (Å²) < 4.78 is 18.1. The molecule has 27 heavy (non-hydrogen) atoms. The molecule has 0 spiro atoms. The molecule has 1 aliphatic carbocycles. The molecular weight excluding hydrogens is 339 g/mol. The Kier molecular flexibility index (Phi) is 5.24. The van der Waals surface area contributed by atoms with Crippen molar-refractivity contribution in [1.82, 2.24) is 0 Å². The highest BCUT2D eigenvalue weighted by Gasteiger charge is 2.51. The van der Waals surface area contributed by atoms with Gasteiger partial charge in [-0.3, -0.25) is 0 Å². The Morgan fingerprint density at radius 2 is 1.63 bits per heavy atom. The summed E-state index contributed by atoms with van der Waals surface area (Å²) >= 11 is 0. The average Bonchev–Trinajstić information content (AvgIpc) is 3.12. The standard InChI is InChI=1S/C22H33BO4/c1-20(2,3)25-19(24)17-13-12-16(14-18(17)15-10-8-9-11-15)23-26-21(4,5)22(6,7)27-23/h12-15H,8-11H2,1-7H3. The minimum Gasteiger partial charge on any atom is -0.456 e. The molecular formula is C22H33BO4. The molecule has 0 radical (unpaired) electrons. The lowest BCUT2D eigenvalue weighted by molar-refractivity contribution is 0.00578. The Morgan fingerprint density at radius 1 is 1.07 bits per heavy atom. The van der Waals surface area contributed by atoms with Crippen LogP contribution in [0.4, 0.5) is 0 Å². The molecule has 1 heterocycles. The summed E-state index contributed by atoms with van der Waals surface area (Å²) in [5.74, 6) is 0.153. The van der Waals surface area contributed by atoms with Crippen molar-refractivity contribution in [2.24, 2.45) is 0 Å². The summed E-state index contributed by atoms with van der Waals surface area (Å²) in [7, 11) is -0.414. The molecule has 0 bridgehead atoms. The number of carbonyl (C=O) groups is 1. The van der Waals surface area contributed by atoms with E-state index in [2.05, 4.69) is 33.8 Å². The fourth-order valence-corrected chi connectivity index (χ4v) is 3.80. The van der Waals surface area contributed by atoms with Crippen LogP contribution >= 0.6 is 0 Å². The smallest absolute Gasteiger partial charge is 0.456 e. The molecule has 0 aromatic heterocycles. The quantitative estimate of drug-likeness (QED) is 0.575. The zero-order chi connectivity index (χ0) is 20.0. The predicted octanol–water partition coefficient (Wildman–Crippen LogP) is 4.60. The van der Waals surface area contributed by atoms with Crippen LogP contribution in [0.2, 0.25) is 0 Å². The lowest BCUT2D eigenvalue weighted by Gasteiger charge is -2.32. The lowest BCUT2D eigenvalue weighted by Crippen LogP contribution is -2.41. The van der Waals surface area contributed by atoms with E-state index >= 15 is 0 Å². The van der Waals surface area contributed by atoms with E-state index in [1.165, 1.54) is 12.8 Å². The van der Waals surface area contributed by atoms with Crippen LogP contribution in [0.3, 0.4) is 0 Å². The maximum absolute atomic E-state index is 12.8. The Bertz CT molecular complexity index is 696. The highest BCUT2D eigenvalue weighted by molar-refractivity contribution is 6.62. The summed E-state index contributed by atoms with van der Waals surface area (Å²) in [4.78, 5) is 12.8. The van der Waals surface area contributed by atoms with Gasteiger partial charge in [0.15, 0.2) is 0 Å². The maximum atomic E-state index is 12.8. The van der Waals surface area contributed by atoms with E-state index in [1.807, 2.05) is 32.9 Å². The van der Waals surface area contributed by atoms with Crippen LogP contribution in [0.25, 0.3) is 0 Å². The second-order valence-corrected chi connectivity index (χ2v) is 9.92. The molecule has 1 aliphatic heterocycles. The van der Waals surface area contributed by atoms with Gasteiger partial charge < -0.3 is 14.0 Å². The van der Waals surface area contributed by atoms with Gasteiger partial charge in [0.1, 0.15) is 5.60 Å². The minimum atomic E-state index is -0.506. The molecule has 0 N–H and O–H groups in total. The number of ether oxygens (including phenoxy) is 1. The highest BCUT2D eigenvalue weighted by atomic mass is 16.7. The summed E-state index contributed by atoms with van der Waals surface area (Å²) in [5.41, 5.74) is 1.47. The van der Waals surface area contributed by atoms with Crippen LogP contribution in [0.5, 0.6) is 0 Å². The lowest BCUT2D eigenvalue weighted by atomic mass is 9.76. The number of esters is 1. The predicted molar refractivity (Wildman–Crippen MR) is 109 cm³/mol. The van der Waals surface area contributed by atoms with E-state index < -0.39 is 12.7 Å². The molecule has 1 saturated heterocycles. The van der Waals surface area contributed by atoms with E-state index in [0.717, 1.165) is 23.9 Å². The van der Waals surface area contributed by atoms with E-state index in [1.54, 1.807) is 0 Å². The normalized spacial score (nSPS) is 22.3. The molecule has 1 aromatic rings. The third-order valence-electron chi connectivity index (χ3n) is 6.01. The molecule has 148 valence electrons. The van der Waals surface area contributed by atoms with Crippen molar-refractivity contribution < 1.29 is 18.8 Å². The Hall–Kier alpha value is -1.33. The summed E-state index contributed by atoms with van der Waals surface area (Å²) in [6.07, 6.45) is 4.64. The molecule has 4 nitrogen and oxygen atoms in total. The summed E-state index contributed by atoms with van der Waals surface area (Å²) in [5, 5.41) is 0. The van der Waals surface area contributed by atoms with Crippen molar-refractivity contribution >= 4 is 18.6 Å². The SMILES string of the molecule is CC(C)(C)OC(=O)c1ccc(B2OC(C)(C)C(C)(C)O2)cc1C1CCCC1. The monoisotopic (exact) mass is 372 g/mol. The van der Waals surface area contributed by atoms with Crippen LogP contribution in [-0.4, -0.2) is 29.9 Å². The van der Waals surface area contributed by atoms with E-state index in [0.29, 0.717) is 11.5 Å². The topological polar surface area (TPSA) is 44.8 Å². The highest BCUT2D eigenvalue weighted by Crippen LogP contribution is 2.38. The van der Waals surface area contributed by atoms with Gasteiger partial charge in [-0.1, -0.05) is 25.0 Å². The molecule has 2 aliphatic rings. The van der Waals surface area contributed by atoms with Gasteiger partial charge in [0, 0.05) is 0 Å². The van der Waals surface area contributed by atoms with Crippen molar-refractivity contribution in [1.29, 1.82) is 0 Å². The summed E-state index contributed by atoms with van der Waals surface area (Å²) in [6, 6.07) is 5.94. The van der Waals surface area contributed by atoms with E-state index in [-0.39, 0.29) is 17.2 Å². The third kappa shape index (κ3) is 4.24. The fraction of sp³-hybridized carbons (Fsp3) is 0.682. The molecule has 2 fully saturated rings. The zero-order valence-electron chi connectivity index (χ0n) is 17.8. The van der Waals surface area contributed by atoms with Gasteiger partial charge in [-0.25, -0.2) is 4.79 Å². The number of carbonyl (C=O) groups excluding carboxylic acids is 1. The van der Waals surface area contributed by atoms with Crippen molar-refractivity contribution in [3.05, 3.63) is 29.3 Å². The molecule has 1 saturated carbocycles.